The SMILES string of the molecule is CCCNC(C=C(C)C)c1ccc(C)c(Br)c1. The fraction of sp³-hybridized carbons (Fsp3) is 0.467. The molecule has 1 atom stereocenters. The van der Waals surface area contributed by atoms with Crippen LogP contribution in [0, 0.1) is 6.92 Å². The predicted octanol–water partition coefficient (Wildman–Crippen LogP) is 4.76. The highest BCUT2D eigenvalue weighted by atomic mass is 79.9. The summed E-state index contributed by atoms with van der Waals surface area (Å²) in [4.78, 5) is 0. The third-order valence-electron chi connectivity index (χ3n) is 2.67. The first-order valence-corrected chi connectivity index (χ1v) is 6.98. The molecule has 0 amide bonds. The van der Waals surface area contributed by atoms with Crippen molar-refractivity contribution >= 4 is 15.9 Å². The van der Waals surface area contributed by atoms with Gasteiger partial charge in [-0.3, -0.25) is 0 Å². The van der Waals surface area contributed by atoms with Crippen molar-refractivity contribution in [2.24, 2.45) is 0 Å². The summed E-state index contributed by atoms with van der Waals surface area (Å²) in [5.74, 6) is 0. The highest BCUT2D eigenvalue weighted by Gasteiger charge is 2.08. The number of benzene rings is 1. The lowest BCUT2D eigenvalue weighted by Gasteiger charge is -2.17. The predicted molar refractivity (Wildman–Crippen MR) is 79.3 cm³/mol. The van der Waals surface area contributed by atoms with E-state index in [1.165, 1.54) is 21.2 Å². The van der Waals surface area contributed by atoms with Crippen molar-refractivity contribution in [1.82, 2.24) is 5.32 Å². The molecule has 94 valence electrons. The maximum atomic E-state index is 3.60. The summed E-state index contributed by atoms with van der Waals surface area (Å²) in [6.07, 6.45) is 3.44. The maximum absolute atomic E-state index is 3.60. The molecule has 1 aromatic rings. The highest BCUT2D eigenvalue weighted by Crippen LogP contribution is 2.23. The smallest absolute Gasteiger partial charge is 0.0509 e. The Morgan fingerprint density at radius 1 is 1.41 bits per heavy atom. The molecule has 1 aromatic carbocycles. The standard InChI is InChI=1S/C15H22BrN/c1-5-8-17-15(9-11(2)3)13-7-6-12(4)14(16)10-13/h6-7,9-10,15,17H,5,8H2,1-4H3. The summed E-state index contributed by atoms with van der Waals surface area (Å²) in [5, 5.41) is 3.57. The topological polar surface area (TPSA) is 12.0 Å². The quantitative estimate of drug-likeness (QED) is 0.772. The van der Waals surface area contributed by atoms with Gasteiger partial charge in [0, 0.05) is 4.47 Å². The Labute approximate surface area is 113 Å². The first kappa shape index (κ1) is 14.5. The Balaban J connectivity index is 2.95. The van der Waals surface area contributed by atoms with Crippen LogP contribution in [0.25, 0.3) is 0 Å². The van der Waals surface area contributed by atoms with Gasteiger partial charge in [-0.2, -0.15) is 0 Å². The summed E-state index contributed by atoms with van der Waals surface area (Å²) in [6, 6.07) is 6.89. The molecule has 0 heterocycles. The van der Waals surface area contributed by atoms with E-state index in [9.17, 15) is 0 Å². The highest BCUT2D eigenvalue weighted by molar-refractivity contribution is 9.10. The van der Waals surface area contributed by atoms with E-state index in [1.807, 2.05) is 0 Å². The van der Waals surface area contributed by atoms with Crippen LogP contribution in [0.15, 0.2) is 34.3 Å². The third-order valence-corrected chi connectivity index (χ3v) is 3.52. The normalized spacial score (nSPS) is 12.3. The van der Waals surface area contributed by atoms with Gasteiger partial charge in [0.05, 0.1) is 6.04 Å². The lowest BCUT2D eigenvalue weighted by atomic mass is 10.0. The van der Waals surface area contributed by atoms with E-state index in [4.69, 9.17) is 0 Å². The van der Waals surface area contributed by atoms with E-state index >= 15 is 0 Å². The van der Waals surface area contributed by atoms with Gasteiger partial charge in [0.25, 0.3) is 0 Å². The molecular formula is C15H22BrN. The third kappa shape index (κ3) is 4.64. The van der Waals surface area contributed by atoms with E-state index in [1.54, 1.807) is 0 Å². The molecule has 1 nitrogen and oxygen atoms in total. The number of rotatable bonds is 5. The second kappa shape index (κ2) is 6.97. The molecule has 1 unspecified atom stereocenters. The number of hydrogen-bond donors (Lipinski definition) is 1. The van der Waals surface area contributed by atoms with E-state index < -0.39 is 0 Å². The van der Waals surface area contributed by atoms with Crippen molar-refractivity contribution in [2.45, 2.75) is 40.2 Å². The van der Waals surface area contributed by atoms with E-state index in [0.29, 0.717) is 6.04 Å². The molecule has 1 N–H and O–H groups in total. The second-order valence-electron chi connectivity index (χ2n) is 4.68. The van der Waals surface area contributed by atoms with Crippen molar-refractivity contribution < 1.29 is 0 Å². The Hall–Kier alpha value is -0.600. The fourth-order valence-electron chi connectivity index (χ4n) is 1.71. The molecular weight excluding hydrogens is 274 g/mol. The molecule has 0 radical (unpaired) electrons. The number of halogens is 1. The van der Waals surface area contributed by atoms with Crippen LogP contribution in [0.4, 0.5) is 0 Å². The lowest BCUT2D eigenvalue weighted by molar-refractivity contribution is 0.610. The molecule has 0 spiro atoms. The van der Waals surface area contributed by atoms with Gasteiger partial charge in [0.15, 0.2) is 0 Å². The van der Waals surface area contributed by atoms with Crippen LogP contribution in [0.3, 0.4) is 0 Å². The zero-order valence-electron chi connectivity index (χ0n) is 11.2. The average molecular weight is 296 g/mol. The Morgan fingerprint density at radius 2 is 2.12 bits per heavy atom. The Bertz CT molecular complexity index is 392. The van der Waals surface area contributed by atoms with Crippen molar-refractivity contribution in [2.75, 3.05) is 6.54 Å². The van der Waals surface area contributed by atoms with Crippen LogP contribution in [0.5, 0.6) is 0 Å². The summed E-state index contributed by atoms with van der Waals surface area (Å²) in [5.41, 5.74) is 3.94. The van der Waals surface area contributed by atoms with Crippen LogP contribution in [-0.4, -0.2) is 6.54 Å². The van der Waals surface area contributed by atoms with Crippen molar-refractivity contribution in [3.05, 3.63) is 45.4 Å². The van der Waals surface area contributed by atoms with Crippen molar-refractivity contribution in [3.63, 3.8) is 0 Å². The molecule has 0 aliphatic rings. The van der Waals surface area contributed by atoms with Crippen LogP contribution in [0.1, 0.15) is 44.4 Å². The molecule has 1 rings (SSSR count). The zero-order valence-corrected chi connectivity index (χ0v) is 12.8. The summed E-state index contributed by atoms with van der Waals surface area (Å²) >= 11 is 3.60. The first-order valence-electron chi connectivity index (χ1n) is 6.19. The maximum Gasteiger partial charge on any atom is 0.0509 e. The van der Waals surface area contributed by atoms with Gasteiger partial charge < -0.3 is 5.32 Å². The average Bonchev–Trinajstić information content (AvgIpc) is 2.27. The summed E-state index contributed by atoms with van der Waals surface area (Å²) in [7, 11) is 0. The van der Waals surface area contributed by atoms with E-state index in [2.05, 4.69) is 73.2 Å². The van der Waals surface area contributed by atoms with E-state index in [0.717, 1.165) is 13.0 Å². The van der Waals surface area contributed by atoms with Crippen LogP contribution in [0.2, 0.25) is 0 Å². The Kier molecular flexibility index (Phi) is 5.93. The molecule has 0 fully saturated rings. The minimum Gasteiger partial charge on any atom is -0.307 e. The van der Waals surface area contributed by atoms with Gasteiger partial charge in [-0.15, -0.1) is 0 Å². The lowest BCUT2D eigenvalue weighted by Crippen LogP contribution is -2.20. The van der Waals surface area contributed by atoms with Crippen LogP contribution >= 0.6 is 15.9 Å². The van der Waals surface area contributed by atoms with Gasteiger partial charge in [0.2, 0.25) is 0 Å². The summed E-state index contributed by atoms with van der Waals surface area (Å²) in [6.45, 7) is 9.63. The zero-order chi connectivity index (χ0) is 12.8. The summed E-state index contributed by atoms with van der Waals surface area (Å²) < 4.78 is 1.18. The second-order valence-corrected chi connectivity index (χ2v) is 5.54. The number of hydrogen-bond acceptors (Lipinski definition) is 1. The molecule has 0 saturated heterocycles. The largest absolute Gasteiger partial charge is 0.307 e. The number of allylic oxidation sites excluding steroid dienone is 1. The van der Waals surface area contributed by atoms with Gasteiger partial charge in [0.1, 0.15) is 0 Å². The molecule has 2 heteroatoms. The fourth-order valence-corrected chi connectivity index (χ4v) is 2.11. The Morgan fingerprint density at radius 3 is 2.65 bits per heavy atom. The monoisotopic (exact) mass is 295 g/mol. The number of aryl methyl sites for hydroxylation is 1. The van der Waals surface area contributed by atoms with Crippen LogP contribution in [-0.2, 0) is 0 Å². The van der Waals surface area contributed by atoms with Gasteiger partial charge in [-0.1, -0.05) is 46.6 Å². The molecule has 17 heavy (non-hydrogen) atoms. The molecule has 0 aromatic heterocycles. The van der Waals surface area contributed by atoms with Crippen LogP contribution < -0.4 is 5.32 Å². The molecule has 0 saturated carbocycles. The van der Waals surface area contributed by atoms with Crippen molar-refractivity contribution in [3.8, 4) is 0 Å². The van der Waals surface area contributed by atoms with Crippen molar-refractivity contribution in [1.29, 1.82) is 0 Å². The molecule has 0 bridgehead atoms. The van der Waals surface area contributed by atoms with Gasteiger partial charge in [-0.05, 0) is 50.9 Å². The number of nitrogens with one attached hydrogen (secondary N) is 1. The van der Waals surface area contributed by atoms with Gasteiger partial charge in [-0.25, -0.2) is 0 Å². The van der Waals surface area contributed by atoms with Gasteiger partial charge >= 0.3 is 0 Å². The minimum atomic E-state index is 0.317. The molecule has 0 aliphatic heterocycles. The van der Waals surface area contributed by atoms with E-state index in [-0.39, 0.29) is 0 Å². The minimum absolute atomic E-state index is 0.317. The first-order chi connectivity index (χ1) is 8.04. The molecule has 0 aliphatic carbocycles.